The Morgan fingerprint density at radius 2 is 1.71 bits per heavy atom. The molecular formula is C24H21Br2FN2O2. The van der Waals surface area contributed by atoms with Crippen molar-refractivity contribution in [2.45, 2.75) is 25.6 Å². The summed E-state index contributed by atoms with van der Waals surface area (Å²) in [6, 6.07) is 17.6. The second kappa shape index (κ2) is 9.51. The number of hydrogen-bond donors (Lipinski definition) is 2. The number of aromatic hydroxyl groups is 1. The third-order valence-electron chi connectivity index (χ3n) is 5.16. The molecule has 4 nitrogen and oxygen atoms in total. The smallest absolute Gasteiger partial charge is 0.129 e. The molecule has 0 aromatic heterocycles. The maximum atomic E-state index is 14.7. The average molecular weight is 548 g/mol. The first-order valence-electron chi connectivity index (χ1n) is 9.94. The summed E-state index contributed by atoms with van der Waals surface area (Å²) in [6.45, 7) is 2.54. The second-order valence-electron chi connectivity index (χ2n) is 7.23. The molecule has 1 aliphatic heterocycles. The largest absolute Gasteiger partial charge is 0.508 e. The quantitative estimate of drug-likeness (QED) is 0.374. The third kappa shape index (κ3) is 5.00. The lowest BCUT2D eigenvalue weighted by Gasteiger charge is -2.31. The van der Waals surface area contributed by atoms with Crippen molar-refractivity contribution in [1.82, 2.24) is 5.32 Å². The topological polar surface area (TPSA) is 53.8 Å². The van der Waals surface area contributed by atoms with Gasteiger partial charge in [0.05, 0.1) is 6.61 Å². The fraction of sp³-hybridized carbons (Fsp3) is 0.208. The van der Waals surface area contributed by atoms with Crippen LogP contribution < -0.4 is 10.1 Å². The van der Waals surface area contributed by atoms with Crippen LogP contribution in [0.4, 0.5) is 4.39 Å². The minimum Gasteiger partial charge on any atom is -0.508 e. The number of benzene rings is 3. The van der Waals surface area contributed by atoms with E-state index in [0.29, 0.717) is 18.6 Å². The Kier molecular flexibility index (Phi) is 6.74. The van der Waals surface area contributed by atoms with Gasteiger partial charge < -0.3 is 9.84 Å². The minimum absolute atomic E-state index is 0.183. The number of hydrogen-bond acceptors (Lipinski definition) is 4. The van der Waals surface area contributed by atoms with Gasteiger partial charge in [0, 0.05) is 38.2 Å². The number of phenolic OH excluding ortho intramolecular Hbond substituents is 1. The first kappa shape index (κ1) is 22.0. The van der Waals surface area contributed by atoms with Gasteiger partial charge in [0.2, 0.25) is 0 Å². The average Bonchev–Trinajstić information content (AvgIpc) is 2.77. The third-order valence-corrected chi connectivity index (χ3v) is 6.14. The van der Waals surface area contributed by atoms with Crippen LogP contribution in [0.5, 0.6) is 11.5 Å². The van der Waals surface area contributed by atoms with E-state index in [1.54, 1.807) is 24.3 Å². The number of ether oxygens (including phenoxy) is 1. The zero-order valence-electron chi connectivity index (χ0n) is 16.8. The van der Waals surface area contributed by atoms with Crippen LogP contribution in [0.3, 0.4) is 0 Å². The van der Waals surface area contributed by atoms with Crippen molar-refractivity contribution < 1.29 is 14.2 Å². The van der Waals surface area contributed by atoms with E-state index in [-0.39, 0.29) is 17.6 Å². The predicted octanol–water partition coefficient (Wildman–Crippen LogP) is 6.68. The molecule has 7 heteroatoms. The second-order valence-corrected chi connectivity index (χ2v) is 9.06. The van der Waals surface area contributed by atoms with Crippen LogP contribution in [0, 0.1) is 5.82 Å². The summed E-state index contributed by atoms with van der Waals surface area (Å²) in [4.78, 5) is 4.84. The van der Waals surface area contributed by atoms with Gasteiger partial charge in [0.25, 0.3) is 0 Å². The van der Waals surface area contributed by atoms with Gasteiger partial charge in [-0.25, -0.2) is 4.39 Å². The molecule has 0 bridgehead atoms. The van der Waals surface area contributed by atoms with E-state index in [0.717, 1.165) is 31.5 Å². The van der Waals surface area contributed by atoms with Crippen molar-refractivity contribution in [3.8, 4) is 11.5 Å². The highest BCUT2D eigenvalue weighted by atomic mass is 79.9. The lowest BCUT2D eigenvalue weighted by atomic mass is 9.93. The van der Waals surface area contributed by atoms with Crippen molar-refractivity contribution in [3.05, 3.63) is 92.1 Å². The van der Waals surface area contributed by atoms with Gasteiger partial charge in [-0.1, -0.05) is 31.9 Å². The van der Waals surface area contributed by atoms with E-state index in [2.05, 4.69) is 37.2 Å². The Morgan fingerprint density at radius 3 is 2.42 bits per heavy atom. The summed E-state index contributed by atoms with van der Waals surface area (Å²) in [5.74, 6) is 0.633. The molecular weight excluding hydrogens is 527 g/mol. The summed E-state index contributed by atoms with van der Waals surface area (Å²) in [5.41, 5.74) is 2.94. The molecule has 0 unspecified atom stereocenters. The Bertz CT molecular complexity index is 1120. The van der Waals surface area contributed by atoms with Gasteiger partial charge >= 0.3 is 0 Å². The van der Waals surface area contributed by atoms with Crippen molar-refractivity contribution in [1.29, 1.82) is 0 Å². The number of nitrogens with zero attached hydrogens (tertiary/aromatic N) is 1. The Balaban J connectivity index is 1.77. The van der Waals surface area contributed by atoms with Gasteiger partial charge in [0.1, 0.15) is 23.5 Å². The highest BCUT2D eigenvalue weighted by molar-refractivity contribution is 9.10. The summed E-state index contributed by atoms with van der Waals surface area (Å²) in [5, 5.41) is 13.9. The molecule has 160 valence electrons. The molecule has 0 saturated heterocycles. The molecule has 0 fully saturated rings. The van der Waals surface area contributed by atoms with Gasteiger partial charge in [-0.05, 0) is 73.2 Å². The molecule has 3 aromatic carbocycles. The number of rotatable bonds is 5. The van der Waals surface area contributed by atoms with Crippen molar-refractivity contribution >= 4 is 37.6 Å². The molecule has 0 saturated carbocycles. The molecule has 3 aromatic rings. The fourth-order valence-electron chi connectivity index (χ4n) is 3.68. The first-order valence-corrected chi connectivity index (χ1v) is 11.5. The molecule has 31 heavy (non-hydrogen) atoms. The Labute approximate surface area is 197 Å². The van der Waals surface area contributed by atoms with Crippen LogP contribution in [0.1, 0.15) is 42.2 Å². The van der Waals surface area contributed by atoms with Crippen LogP contribution in [-0.4, -0.2) is 17.4 Å². The minimum atomic E-state index is -0.601. The van der Waals surface area contributed by atoms with E-state index >= 15 is 0 Å². The summed E-state index contributed by atoms with van der Waals surface area (Å²) in [6.07, 6.45) is -0.0550. The zero-order valence-corrected chi connectivity index (χ0v) is 20.0. The standard InChI is InChI=1S/C24H21Br2FN2O2/c1-2-31-17-7-3-14(4-8-17)21-13-22(19-12-16(26)6-10-23(19)30)29-24(28-21)18-11-15(25)5-9-20(18)27/h3-12,22,24,29-30H,2,13H2,1H3/t22-,24-/m1/s1. The maximum absolute atomic E-state index is 14.7. The molecule has 2 N–H and O–H groups in total. The van der Waals surface area contributed by atoms with E-state index in [1.165, 1.54) is 6.07 Å². The molecule has 4 rings (SSSR count). The summed E-state index contributed by atoms with van der Waals surface area (Å²) >= 11 is 6.90. The van der Waals surface area contributed by atoms with E-state index < -0.39 is 6.17 Å². The van der Waals surface area contributed by atoms with Gasteiger partial charge in [0.15, 0.2) is 0 Å². The highest BCUT2D eigenvalue weighted by Gasteiger charge is 2.29. The Morgan fingerprint density at radius 1 is 1.03 bits per heavy atom. The monoisotopic (exact) mass is 546 g/mol. The van der Waals surface area contributed by atoms with Crippen molar-refractivity contribution in [3.63, 3.8) is 0 Å². The molecule has 0 amide bonds. The number of phenols is 1. The van der Waals surface area contributed by atoms with Gasteiger partial charge in [-0.2, -0.15) is 0 Å². The zero-order chi connectivity index (χ0) is 22.0. The lowest BCUT2D eigenvalue weighted by Crippen LogP contribution is -2.33. The van der Waals surface area contributed by atoms with Crippen molar-refractivity contribution in [2.75, 3.05) is 6.61 Å². The number of halogens is 3. The summed E-state index contributed by atoms with van der Waals surface area (Å²) < 4.78 is 21.9. The van der Waals surface area contributed by atoms with Gasteiger partial charge in [-0.15, -0.1) is 0 Å². The van der Waals surface area contributed by atoms with Crippen LogP contribution >= 0.6 is 31.9 Å². The van der Waals surface area contributed by atoms with Gasteiger partial charge in [-0.3, -0.25) is 10.3 Å². The molecule has 0 spiro atoms. The predicted molar refractivity (Wildman–Crippen MR) is 127 cm³/mol. The van der Waals surface area contributed by atoms with Crippen LogP contribution in [0.25, 0.3) is 0 Å². The fourth-order valence-corrected chi connectivity index (χ4v) is 4.44. The van der Waals surface area contributed by atoms with E-state index in [1.807, 2.05) is 37.3 Å². The van der Waals surface area contributed by atoms with Crippen LogP contribution in [-0.2, 0) is 0 Å². The van der Waals surface area contributed by atoms with E-state index in [4.69, 9.17) is 9.73 Å². The van der Waals surface area contributed by atoms with E-state index in [9.17, 15) is 9.50 Å². The number of nitrogens with one attached hydrogen (secondary N) is 1. The first-order chi connectivity index (χ1) is 14.9. The van der Waals surface area contributed by atoms with Crippen LogP contribution in [0.15, 0.2) is 74.6 Å². The maximum Gasteiger partial charge on any atom is 0.129 e. The molecule has 1 aliphatic rings. The normalized spacial score (nSPS) is 18.5. The lowest BCUT2D eigenvalue weighted by molar-refractivity contribution is 0.340. The summed E-state index contributed by atoms with van der Waals surface area (Å²) in [7, 11) is 0. The molecule has 2 atom stereocenters. The van der Waals surface area contributed by atoms with Crippen molar-refractivity contribution in [2.24, 2.45) is 4.99 Å². The number of aliphatic imine (C=N–C) groups is 1. The molecule has 0 aliphatic carbocycles. The van der Waals surface area contributed by atoms with Crippen LogP contribution in [0.2, 0.25) is 0 Å². The Hall–Kier alpha value is -2.22. The molecule has 1 heterocycles. The SMILES string of the molecule is CCOc1ccc(C2=N[C@@H](c3cc(Br)ccc3F)N[C@@H](c3cc(Br)ccc3O)C2)cc1. The molecule has 0 radical (unpaired) electrons. The highest BCUT2D eigenvalue weighted by Crippen LogP contribution is 2.37.